The third-order valence-corrected chi connectivity index (χ3v) is 4.22. The lowest BCUT2D eigenvalue weighted by atomic mass is 10.2. The van der Waals surface area contributed by atoms with Gasteiger partial charge in [0.05, 0.1) is 0 Å². The molecule has 1 aromatic carbocycles. The van der Waals surface area contributed by atoms with Crippen LogP contribution in [-0.2, 0) is 4.74 Å². The summed E-state index contributed by atoms with van der Waals surface area (Å²) in [6.07, 6.45) is 1.69. The van der Waals surface area contributed by atoms with Crippen molar-refractivity contribution in [2.75, 3.05) is 44.8 Å². The summed E-state index contributed by atoms with van der Waals surface area (Å²) in [5.74, 6) is 0.209. The van der Waals surface area contributed by atoms with E-state index in [9.17, 15) is 8.78 Å². The zero-order chi connectivity index (χ0) is 18.9. The molecule has 1 unspecified atom stereocenters. The molecule has 0 spiro atoms. The third-order valence-electron chi connectivity index (χ3n) is 4.22. The van der Waals surface area contributed by atoms with Gasteiger partial charge in [0, 0.05) is 45.9 Å². The summed E-state index contributed by atoms with van der Waals surface area (Å²) in [7, 11) is 1.72. The summed E-state index contributed by atoms with van der Waals surface area (Å²) in [4.78, 5) is 5.96. The van der Waals surface area contributed by atoms with Crippen molar-refractivity contribution in [1.82, 2.24) is 10.6 Å². The normalized spacial score (nSPS) is 17.8. The summed E-state index contributed by atoms with van der Waals surface area (Å²) in [5.41, 5.74) is 0.0575. The van der Waals surface area contributed by atoms with Crippen molar-refractivity contribution in [1.29, 1.82) is 0 Å². The number of rotatable bonds is 8. The van der Waals surface area contributed by atoms with E-state index in [-0.39, 0.29) is 11.7 Å². The maximum Gasteiger partial charge on any atom is 0.191 e. The highest BCUT2D eigenvalue weighted by Gasteiger charge is 2.27. The molecule has 0 bridgehead atoms. The molecule has 0 saturated carbocycles. The van der Waals surface area contributed by atoms with Gasteiger partial charge in [-0.25, -0.2) is 8.78 Å². The van der Waals surface area contributed by atoms with Crippen molar-refractivity contribution in [3.63, 3.8) is 0 Å². The van der Waals surface area contributed by atoms with Crippen LogP contribution in [0.2, 0.25) is 0 Å². The molecule has 1 aromatic rings. The van der Waals surface area contributed by atoms with Gasteiger partial charge < -0.3 is 20.3 Å². The first-order valence-electron chi connectivity index (χ1n) is 9.25. The third kappa shape index (κ3) is 6.12. The van der Waals surface area contributed by atoms with E-state index in [1.165, 1.54) is 18.2 Å². The predicted octanol–water partition coefficient (Wildman–Crippen LogP) is 2.77. The van der Waals surface area contributed by atoms with Crippen molar-refractivity contribution in [2.45, 2.75) is 32.7 Å². The minimum Gasteiger partial charge on any atom is -0.381 e. The summed E-state index contributed by atoms with van der Waals surface area (Å²) in [6.45, 7) is 7.65. The fourth-order valence-electron chi connectivity index (χ4n) is 2.96. The van der Waals surface area contributed by atoms with E-state index < -0.39 is 11.6 Å². The first-order chi connectivity index (χ1) is 12.5. The summed E-state index contributed by atoms with van der Waals surface area (Å²) >= 11 is 0. The maximum atomic E-state index is 13.9. The van der Waals surface area contributed by atoms with Gasteiger partial charge in [0.15, 0.2) is 5.96 Å². The summed E-state index contributed by atoms with van der Waals surface area (Å²) in [6, 6.07) is 4.07. The van der Waals surface area contributed by atoms with Gasteiger partial charge in [0.2, 0.25) is 0 Å². The van der Waals surface area contributed by atoms with E-state index >= 15 is 0 Å². The van der Waals surface area contributed by atoms with Crippen LogP contribution in [0.5, 0.6) is 0 Å². The van der Waals surface area contributed by atoms with Crippen molar-refractivity contribution in [3.8, 4) is 0 Å². The number of aliphatic imine (C=N–C) groups is 1. The molecule has 1 fully saturated rings. The van der Waals surface area contributed by atoms with Crippen molar-refractivity contribution in [3.05, 3.63) is 29.8 Å². The van der Waals surface area contributed by atoms with E-state index in [4.69, 9.17) is 4.74 Å². The molecule has 7 heteroatoms. The maximum absolute atomic E-state index is 13.9. The average molecular weight is 368 g/mol. The van der Waals surface area contributed by atoms with E-state index in [2.05, 4.69) is 29.5 Å². The second kappa shape index (κ2) is 10.3. The molecule has 1 heterocycles. The second-order valence-corrected chi connectivity index (χ2v) is 6.97. The number of hydrogen-bond donors (Lipinski definition) is 2. The standard InChI is InChI=1S/C19H30F2N4O/c1-14(2)13-26-11-5-9-23-19(22-3)24-15-8-10-25(12-15)18-16(20)6-4-7-17(18)21/h4,6-7,14-15H,5,8-13H2,1-3H3,(H2,22,23,24). The van der Waals surface area contributed by atoms with Gasteiger partial charge in [-0.1, -0.05) is 19.9 Å². The lowest BCUT2D eigenvalue weighted by Gasteiger charge is -2.21. The van der Waals surface area contributed by atoms with Crippen LogP contribution in [0.1, 0.15) is 26.7 Å². The van der Waals surface area contributed by atoms with Crippen molar-refractivity contribution < 1.29 is 13.5 Å². The topological polar surface area (TPSA) is 48.9 Å². The highest BCUT2D eigenvalue weighted by atomic mass is 19.1. The Kier molecular flexibility index (Phi) is 8.09. The molecule has 5 nitrogen and oxygen atoms in total. The van der Waals surface area contributed by atoms with E-state index in [1.807, 2.05) is 0 Å². The van der Waals surface area contributed by atoms with Gasteiger partial charge in [-0.3, -0.25) is 4.99 Å². The Hall–Kier alpha value is -1.89. The first-order valence-corrected chi connectivity index (χ1v) is 9.25. The fraction of sp³-hybridized carbons (Fsp3) is 0.632. The van der Waals surface area contributed by atoms with Crippen LogP contribution in [-0.4, -0.2) is 51.9 Å². The van der Waals surface area contributed by atoms with Crippen LogP contribution >= 0.6 is 0 Å². The van der Waals surface area contributed by atoms with Crippen LogP contribution in [0.3, 0.4) is 0 Å². The number of guanidine groups is 1. The number of nitrogens with one attached hydrogen (secondary N) is 2. The molecule has 146 valence electrons. The Morgan fingerprint density at radius 2 is 2.08 bits per heavy atom. The average Bonchev–Trinajstić information content (AvgIpc) is 3.04. The zero-order valence-corrected chi connectivity index (χ0v) is 15.9. The number of anilines is 1. The second-order valence-electron chi connectivity index (χ2n) is 6.97. The SMILES string of the molecule is CN=C(NCCCOCC(C)C)NC1CCN(c2c(F)cccc2F)C1. The molecule has 1 aliphatic rings. The Morgan fingerprint density at radius 3 is 2.73 bits per heavy atom. The number of halogens is 2. The van der Waals surface area contributed by atoms with Crippen molar-refractivity contribution >= 4 is 11.6 Å². The van der Waals surface area contributed by atoms with E-state index in [1.54, 1.807) is 11.9 Å². The number of hydrogen-bond acceptors (Lipinski definition) is 3. The first kappa shape index (κ1) is 20.4. The smallest absolute Gasteiger partial charge is 0.191 e. The molecule has 0 radical (unpaired) electrons. The molecule has 0 aliphatic carbocycles. The van der Waals surface area contributed by atoms with E-state index in [0.717, 1.165) is 26.0 Å². The van der Waals surface area contributed by atoms with Crippen LogP contribution in [0.25, 0.3) is 0 Å². The molecule has 1 saturated heterocycles. The molecular weight excluding hydrogens is 338 g/mol. The highest BCUT2D eigenvalue weighted by molar-refractivity contribution is 5.80. The molecule has 1 aliphatic heterocycles. The van der Waals surface area contributed by atoms with Gasteiger partial charge >= 0.3 is 0 Å². The summed E-state index contributed by atoms with van der Waals surface area (Å²) in [5, 5.41) is 6.58. The molecular formula is C19H30F2N4O. The van der Waals surface area contributed by atoms with Gasteiger partial charge in [0.25, 0.3) is 0 Å². The molecule has 0 amide bonds. The van der Waals surface area contributed by atoms with Crippen LogP contribution < -0.4 is 15.5 Å². The minimum absolute atomic E-state index is 0.0575. The number of para-hydroxylation sites is 1. The Labute approximate surface area is 154 Å². The van der Waals surface area contributed by atoms with Crippen LogP contribution in [0, 0.1) is 17.6 Å². The Bertz CT molecular complexity index is 575. The fourth-order valence-corrected chi connectivity index (χ4v) is 2.96. The minimum atomic E-state index is -0.519. The zero-order valence-electron chi connectivity index (χ0n) is 15.9. The monoisotopic (exact) mass is 368 g/mol. The molecule has 0 aromatic heterocycles. The Balaban J connectivity index is 1.74. The molecule has 2 N–H and O–H groups in total. The van der Waals surface area contributed by atoms with Gasteiger partial charge in [0.1, 0.15) is 17.3 Å². The quantitative estimate of drug-likeness (QED) is 0.421. The van der Waals surface area contributed by atoms with Gasteiger partial charge in [-0.05, 0) is 30.9 Å². The summed E-state index contributed by atoms with van der Waals surface area (Å²) < 4.78 is 33.4. The lowest BCUT2D eigenvalue weighted by Crippen LogP contribution is -2.45. The highest BCUT2D eigenvalue weighted by Crippen LogP contribution is 2.26. The van der Waals surface area contributed by atoms with Crippen LogP contribution in [0.15, 0.2) is 23.2 Å². The van der Waals surface area contributed by atoms with Crippen molar-refractivity contribution in [2.24, 2.45) is 10.9 Å². The van der Waals surface area contributed by atoms with E-state index in [0.29, 0.717) is 31.6 Å². The largest absolute Gasteiger partial charge is 0.381 e. The number of benzene rings is 1. The number of nitrogens with zero attached hydrogens (tertiary/aromatic N) is 2. The molecule has 26 heavy (non-hydrogen) atoms. The molecule has 1 atom stereocenters. The predicted molar refractivity (Wildman–Crippen MR) is 102 cm³/mol. The number of ether oxygens (including phenoxy) is 1. The lowest BCUT2D eigenvalue weighted by molar-refractivity contribution is 0.108. The Morgan fingerprint density at radius 1 is 1.35 bits per heavy atom. The van der Waals surface area contributed by atoms with Gasteiger partial charge in [-0.2, -0.15) is 0 Å². The van der Waals surface area contributed by atoms with Crippen LogP contribution in [0.4, 0.5) is 14.5 Å². The molecule has 2 rings (SSSR count). The van der Waals surface area contributed by atoms with Gasteiger partial charge in [-0.15, -0.1) is 0 Å².